The van der Waals surface area contributed by atoms with E-state index in [9.17, 15) is 0 Å². The smallest absolute Gasteiger partial charge is 0.165 e. The summed E-state index contributed by atoms with van der Waals surface area (Å²) >= 11 is 3.49. The maximum Gasteiger partial charge on any atom is 0.165 e. The van der Waals surface area contributed by atoms with E-state index in [4.69, 9.17) is 9.47 Å². The average Bonchev–Trinajstić information content (AvgIpc) is 3.29. The van der Waals surface area contributed by atoms with Crippen molar-refractivity contribution in [2.24, 2.45) is 0 Å². The molecule has 1 N–H and O–H groups in total. The third-order valence-corrected chi connectivity index (χ3v) is 5.92. The molecule has 1 aromatic carbocycles. The second-order valence-corrected chi connectivity index (χ2v) is 7.62. The molecule has 0 fully saturated rings. The van der Waals surface area contributed by atoms with E-state index in [1.54, 1.807) is 36.9 Å². The van der Waals surface area contributed by atoms with E-state index in [0.717, 1.165) is 34.2 Å². The van der Waals surface area contributed by atoms with E-state index in [1.807, 2.05) is 19.1 Å². The van der Waals surface area contributed by atoms with Crippen LogP contribution in [-0.4, -0.2) is 19.2 Å². The van der Waals surface area contributed by atoms with Crippen LogP contribution in [0.2, 0.25) is 0 Å². The minimum Gasteiger partial charge on any atom is -0.493 e. The zero-order chi connectivity index (χ0) is 17.6. The molecule has 0 amide bonds. The third-order valence-electron chi connectivity index (χ3n) is 3.94. The molecule has 0 aliphatic carbocycles. The number of nitrogens with one attached hydrogen (secondary N) is 1. The molecule has 3 rings (SSSR count). The van der Waals surface area contributed by atoms with Crippen LogP contribution in [0.15, 0.2) is 41.1 Å². The Hall–Kier alpha value is -1.89. The molecule has 6 heteroatoms. The Morgan fingerprint density at radius 2 is 2.00 bits per heavy atom. The maximum atomic E-state index is 5.54. The van der Waals surface area contributed by atoms with E-state index in [2.05, 4.69) is 39.3 Å². The minimum atomic E-state index is 0.174. The van der Waals surface area contributed by atoms with Crippen LogP contribution < -0.4 is 14.8 Å². The number of para-hydroxylation sites is 1. The molecular weight excluding hydrogens is 352 g/mol. The number of nitrogens with zero attached hydrogens (tertiary/aromatic N) is 1. The number of rotatable bonds is 8. The van der Waals surface area contributed by atoms with Crippen LogP contribution in [0.4, 0.5) is 0 Å². The van der Waals surface area contributed by atoms with Crippen LogP contribution in [0.1, 0.15) is 27.2 Å². The fraction of sp³-hybridized carbons (Fsp3) is 0.316. The van der Waals surface area contributed by atoms with Crippen molar-refractivity contribution < 1.29 is 9.47 Å². The highest BCUT2D eigenvalue weighted by atomic mass is 32.1. The maximum absolute atomic E-state index is 5.54. The highest BCUT2D eigenvalue weighted by Crippen LogP contribution is 2.31. The van der Waals surface area contributed by atoms with E-state index < -0.39 is 0 Å². The lowest BCUT2D eigenvalue weighted by molar-refractivity contribution is 0.349. The first-order valence-electron chi connectivity index (χ1n) is 8.09. The Kier molecular flexibility index (Phi) is 6.07. The summed E-state index contributed by atoms with van der Waals surface area (Å²) in [5, 5.41) is 8.98. The van der Waals surface area contributed by atoms with Crippen molar-refractivity contribution in [2.75, 3.05) is 14.2 Å². The van der Waals surface area contributed by atoms with Crippen molar-refractivity contribution in [3.63, 3.8) is 0 Å². The van der Waals surface area contributed by atoms with Gasteiger partial charge in [0.25, 0.3) is 0 Å². The largest absolute Gasteiger partial charge is 0.493 e. The summed E-state index contributed by atoms with van der Waals surface area (Å²) in [5.74, 6) is 1.53. The zero-order valence-corrected chi connectivity index (χ0v) is 16.2. The lowest BCUT2D eigenvalue weighted by Gasteiger charge is -2.18. The van der Waals surface area contributed by atoms with Gasteiger partial charge in [0.1, 0.15) is 5.01 Å². The highest BCUT2D eigenvalue weighted by Gasteiger charge is 2.18. The molecule has 1 unspecified atom stereocenters. The number of methoxy groups -OCH3 is 2. The number of ether oxygens (including phenoxy) is 2. The van der Waals surface area contributed by atoms with Gasteiger partial charge < -0.3 is 14.8 Å². The molecule has 0 bridgehead atoms. The molecule has 25 heavy (non-hydrogen) atoms. The molecule has 132 valence electrons. The SMILES string of the molecule is COc1cccc(CNC(Cc2cccs2)c2nc(C)cs2)c1OC. The summed E-state index contributed by atoms with van der Waals surface area (Å²) < 4.78 is 10.9. The summed E-state index contributed by atoms with van der Waals surface area (Å²) in [5.41, 5.74) is 2.14. The molecule has 0 aliphatic heterocycles. The van der Waals surface area contributed by atoms with Crippen LogP contribution in [0.5, 0.6) is 11.5 Å². The first-order chi connectivity index (χ1) is 12.2. The molecule has 0 aliphatic rings. The van der Waals surface area contributed by atoms with Gasteiger partial charge in [-0.05, 0) is 24.4 Å². The molecule has 0 spiro atoms. The fourth-order valence-electron chi connectivity index (χ4n) is 2.73. The van der Waals surface area contributed by atoms with Crippen LogP contribution in [0, 0.1) is 6.92 Å². The molecule has 2 heterocycles. The van der Waals surface area contributed by atoms with Gasteiger partial charge in [-0.25, -0.2) is 4.98 Å². The van der Waals surface area contributed by atoms with Gasteiger partial charge in [-0.2, -0.15) is 0 Å². The number of hydrogen-bond donors (Lipinski definition) is 1. The third kappa shape index (κ3) is 4.39. The second-order valence-electron chi connectivity index (χ2n) is 5.70. The Morgan fingerprint density at radius 3 is 2.64 bits per heavy atom. The van der Waals surface area contributed by atoms with E-state index >= 15 is 0 Å². The predicted octanol–water partition coefficient (Wildman–Crippen LogP) is 4.60. The van der Waals surface area contributed by atoms with Crippen molar-refractivity contribution in [1.29, 1.82) is 0 Å². The number of hydrogen-bond acceptors (Lipinski definition) is 6. The van der Waals surface area contributed by atoms with Gasteiger partial charge in [0.05, 0.1) is 20.3 Å². The number of thiophene rings is 1. The molecule has 0 radical (unpaired) electrons. The first kappa shape index (κ1) is 17.9. The van der Waals surface area contributed by atoms with Gasteiger partial charge in [-0.3, -0.25) is 0 Å². The first-order valence-corrected chi connectivity index (χ1v) is 9.85. The normalized spacial score (nSPS) is 12.1. The molecule has 1 atom stereocenters. The molecular formula is C19H22N2O2S2. The van der Waals surface area contributed by atoms with Gasteiger partial charge in [-0.1, -0.05) is 18.2 Å². The van der Waals surface area contributed by atoms with Crippen LogP contribution in [-0.2, 0) is 13.0 Å². The average molecular weight is 375 g/mol. The lowest BCUT2D eigenvalue weighted by atomic mass is 10.1. The van der Waals surface area contributed by atoms with Crippen LogP contribution in [0.3, 0.4) is 0 Å². The molecule has 3 aromatic rings. The zero-order valence-electron chi connectivity index (χ0n) is 14.6. The van der Waals surface area contributed by atoms with Crippen molar-refractivity contribution in [3.8, 4) is 11.5 Å². The number of benzene rings is 1. The topological polar surface area (TPSA) is 43.4 Å². The number of thiazole rings is 1. The van der Waals surface area contributed by atoms with Gasteiger partial charge in [0, 0.05) is 34.5 Å². The standard InChI is InChI=1S/C19H22N2O2S2/c1-13-12-25-19(21-13)16(10-15-7-5-9-24-15)20-11-14-6-4-8-17(22-2)18(14)23-3/h4-9,12,16,20H,10-11H2,1-3H3. The second kappa shape index (κ2) is 8.47. The Balaban J connectivity index is 1.79. The van der Waals surface area contributed by atoms with E-state index in [-0.39, 0.29) is 6.04 Å². The molecule has 4 nitrogen and oxygen atoms in total. The summed E-state index contributed by atoms with van der Waals surface area (Å²) in [6.07, 6.45) is 0.927. The van der Waals surface area contributed by atoms with Gasteiger partial charge in [0.2, 0.25) is 0 Å². The van der Waals surface area contributed by atoms with E-state index in [1.165, 1.54) is 4.88 Å². The van der Waals surface area contributed by atoms with Crippen LogP contribution in [0.25, 0.3) is 0 Å². The summed E-state index contributed by atoms with van der Waals surface area (Å²) in [6, 6.07) is 10.4. The molecule has 0 saturated heterocycles. The summed E-state index contributed by atoms with van der Waals surface area (Å²) in [6.45, 7) is 2.72. The quantitative estimate of drug-likeness (QED) is 0.626. The number of aryl methyl sites for hydroxylation is 1. The Bertz CT molecular complexity index is 800. The van der Waals surface area contributed by atoms with Gasteiger partial charge >= 0.3 is 0 Å². The summed E-state index contributed by atoms with van der Waals surface area (Å²) in [4.78, 5) is 6.03. The Labute approximate surface area is 156 Å². The van der Waals surface area contributed by atoms with Crippen molar-refractivity contribution in [3.05, 3.63) is 62.2 Å². The van der Waals surface area contributed by atoms with Crippen molar-refractivity contribution in [2.45, 2.75) is 25.9 Å². The predicted molar refractivity (Wildman–Crippen MR) is 104 cm³/mol. The summed E-state index contributed by atoms with van der Waals surface area (Å²) in [7, 11) is 3.33. The molecule has 2 aromatic heterocycles. The van der Waals surface area contributed by atoms with Gasteiger partial charge in [0.15, 0.2) is 11.5 Å². The minimum absolute atomic E-state index is 0.174. The number of aromatic nitrogens is 1. The highest BCUT2D eigenvalue weighted by molar-refractivity contribution is 7.10. The van der Waals surface area contributed by atoms with E-state index in [0.29, 0.717) is 6.54 Å². The van der Waals surface area contributed by atoms with Crippen molar-refractivity contribution >= 4 is 22.7 Å². The lowest BCUT2D eigenvalue weighted by Crippen LogP contribution is -2.23. The fourth-order valence-corrected chi connectivity index (χ4v) is 4.36. The Morgan fingerprint density at radius 1 is 1.12 bits per heavy atom. The van der Waals surface area contributed by atoms with Gasteiger partial charge in [-0.15, -0.1) is 22.7 Å². The van der Waals surface area contributed by atoms with Crippen molar-refractivity contribution in [1.82, 2.24) is 10.3 Å². The van der Waals surface area contributed by atoms with Crippen LogP contribution >= 0.6 is 22.7 Å². The molecule has 0 saturated carbocycles. The monoisotopic (exact) mass is 374 g/mol.